The SMILES string of the molecule is Cc1ccc(-c2nc(C)c(C3CNCCO3)s2)o1. The molecule has 96 valence electrons. The van der Waals surface area contributed by atoms with Crippen LogP contribution in [0.15, 0.2) is 16.5 Å². The van der Waals surface area contributed by atoms with E-state index in [1.54, 1.807) is 11.3 Å². The lowest BCUT2D eigenvalue weighted by molar-refractivity contribution is 0.0295. The van der Waals surface area contributed by atoms with Crippen molar-refractivity contribution in [3.63, 3.8) is 0 Å². The Kier molecular flexibility index (Phi) is 3.20. The van der Waals surface area contributed by atoms with Crippen LogP contribution < -0.4 is 5.32 Å². The molecule has 0 aliphatic carbocycles. The maximum absolute atomic E-state index is 5.78. The van der Waals surface area contributed by atoms with Gasteiger partial charge >= 0.3 is 0 Å². The van der Waals surface area contributed by atoms with Gasteiger partial charge in [-0.15, -0.1) is 11.3 Å². The lowest BCUT2D eigenvalue weighted by Crippen LogP contribution is -2.33. The molecule has 3 rings (SSSR count). The van der Waals surface area contributed by atoms with Crippen LogP contribution in [-0.4, -0.2) is 24.7 Å². The Balaban J connectivity index is 1.90. The minimum Gasteiger partial charge on any atom is -0.459 e. The average Bonchev–Trinajstić information content (AvgIpc) is 2.97. The zero-order chi connectivity index (χ0) is 12.5. The van der Waals surface area contributed by atoms with Gasteiger partial charge in [0.2, 0.25) is 0 Å². The maximum atomic E-state index is 5.78. The van der Waals surface area contributed by atoms with Gasteiger partial charge in [-0.3, -0.25) is 0 Å². The second-order valence-electron chi connectivity index (χ2n) is 4.44. The quantitative estimate of drug-likeness (QED) is 0.906. The van der Waals surface area contributed by atoms with E-state index in [9.17, 15) is 0 Å². The molecule has 0 saturated carbocycles. The lowest BCUT2D eigenvalue weighted by atomic mass is 10.2. The van der Waals surface area contributed by atoms with Crippen molar-refractivity contribution in [3.8, 4) is 10.8 Å². The van der Waals surface area contributed by atoms with Crippen molar-refractivity contribution in [1.29, 1.82) is 0 Å². The van der Waals surface area contributed by atoms with Gasteiger partial charge in [-0.2, -0.15) is 0 Å². The number of ether oxygens (including phenoxy) is 1. The standard InChI is InChI=1S/C13H16N2O2S/c1-8-3-4-10(17-8)13-15-9(2)12(18-13)11-7-14-5-6-16-11/h3-4,11,14H,5-7H2,1-2H3. The number of nitrogens with one attached hydrogen (secondary N) is 1. The molecule has 0 amide bonds. The van der Waals surface area contributed by atoms with Crippen molar-refractivity contribution in [1.82, 2.24) is 10.3 Å². The van der Waals surface area contributed by atoms with Crippen LogP contribution in [0.3, 0.4) is 0 Å². The number of nitrogens with zero attached hydrogens (tertiary/aromatic N) is 1. The highest BCUT2D eigenvalue weighted by molar-refractivity contribution is 7.15. The summed E-state index contributed by atoms with van der Waals surface area (Å²) in [5.41, 5.74) is 1.04. The third kappa shape index (κ3) is 2.21. The fourth-order valence-electron chi connectivity index (χ4n) is 2.10. The molecule has 3 heterocycles. The second-order valence-corrected chi connectivity index (χ2v) is 5.47. The van der Waals surface area contributed by atoms with Crippen molar-refractivity contribution < 1.29 is 9.15 Å². The summed E-state index contributed by atoms with van der Waals surface area (Å²) in [4.78, 5) is 5.79. The number of furan rings is 1. The minimum absolute atomic E-state index is 0.126. The molecule has 1 aliphatic heterocycles. The molecule has 1 fully saturated rings. The highest BCUT2D eigenvalue weighted by Crippen LogP contribution is 2.34. The number of morpholine rings is 1. The predicted molar refractivity (Wildman–Crippen MR) is 70.9 cm³/mol. The maximum Gasteiger partial charge on any atom is 0.162 e. The van der Waals surface area contributed by atoms with Gasteiger partial charge in [0.1, 0.15) is 11.9 Å². The highest BCUT2D eigenvalue weighted by atomic mass is 32.1. The summed E-state index contributed by atoms with van der Waals surface area (Å²) < 4.78 is 11.4. The average molecular weight is 264 g/mol. The van der Waals surface area contributed by atoms with Crippen molar-refractivity contribution in [3.05, 3.63) is 28.5 Å². The van der Waals surface area contributed by atoms with E-state index < -0.39 is 0 Å². The van der Waals surface area contributed by atoms with Crippen LogP contribution in [0.1, 0.15) is 22.4 Å². The first-order chi connectivity index (χ1) is 8.74. The van der Waals surface area contributed by atoms with Gasteiger partial charge in [-0.25, -0.2) is 4.98 Å². The summed E-state index contributed by atoms with van der Waals surface area (Å²) in [6.45, 7) is 6.53. The van der Waals surface area contributed by atoms with E-state index in [1.807, 2.05) is 26.0 Å². The van der Waals surface area contributed by atoms with Gasteiger partial charge in [0.05, 0.1) is 17.2 Å². The van der Waals surface area contributed by atoms with E-state index in [0.717, 1.165) is 41.9 Å². The van der Waals surface area contributed by atoms with Crippen molar-refractivity contribution >= 4 is 11.3 Å². The number of rotatable bonds is 2. The molecule has 2 aromatic heterocycles. The van der Waals surface area contributed by atoms with Gasteiger partial charge in [0, 0.05) is 13.1 Å². The molecule has 18 heavy (non-hydrogen) atoms. The first-order valence-electron chi connectivity index (χ1n) is 6.10. The molecule has 5 heteroatoms. The molecule has 0 bridgehead atoms. The molecule has 1 aliphatic rings. The summed E-state index contributed by atoms with van der Waals surface area (Å²) in [6, 6.07) is 3.93. The minimum atomic E-state index is 0.126. The monoisotopic (exact) mass is 264 g/mol. The zero-order valence-corrected chi connectivity index (χ0v) is 11.3. The molecule has 1 unspecified atom stereocenters. The number of hydrogen-bond acceptors (Lipinski definition) is 5. The Morgan fingerprint density at radius 1 is 1.39 bits per heavy atom. The molecule has 2 aromatic rings. The third-order valence-corrected chi connectivity index (χ3v) is 4.27. The Labute approximate surface area is 110 Å². The van der Waals surface area contributed by atoms with Crippen molar-refractivity contribution in [2.75, 3.05) is 19.7 Å². The largest absolute Gasteiger partial charge is 0.459 e. The summed E-state index contributed by atoms with van der Waals surface area (Å²) in [6.07, 6.45) is 0.126. The van der Waals surface area contributed by atoms with Crippen molar-refractivity contribution in [2.45, 2.75) is 20.0 Å². The molecule has 0 spiro atoms. The second kappa shape index (κ2) is 4.84. The smallest absolute Gasteiger partial charge is 0.162 e. The molecule has 1 saturated heterocycles. The van der Waals surface area contributed by atoms with Gasteiger partial charge in [-0.05, 0) is 26.0 Å². The Morgan fingerprint density at radius 2 is 2.28 bits per heavy atom. The number of thiazole rings is 1. The van der Waals surface area contributed by atoms with E-state index in [1.165, 1.54) is 4.88 Å². The van der Waals surface area contributed by atoms with E-state index in [4.69, 9.17) is 9.15 Å². The Bertz CT molecular complexity index is 541. The van der Waals surface area contributed by atoms with Crippen LogP contribution in [0, 0.1) is 13.8 Å². The Hall–Kier alpha value is -1.17. The highest BCUT2D eigenvalue weighted by Gasteiger charge is 2.22. The molecule has 1 atom stereocenters. The van der Waals surface area contributed by atoms with Gasteiger partial charge < -0.3 is 14.5 Å². The number of hydrogen-bond donors (Lipinski definition) is 1. The molecular weight excluding hydrogens is 248 g/mol. The van der Waals surface area contributed by atoms with Gasteiger partial charge in [-0.1, -0.05) is 0 Å². The van der Waals surface area contributed by atoms with Crippen LogP contribution in [0.2, 0.25) is 0 Å². The van der Waals surface area contributed by atoms with Crippen molar-refractivity contribution in [2.24, 2.45) is 0 Å². The van der Waals surface area contributed by atoms with Crippen LogP contribution in [0.4, 0.5) is 0 Å². The lowest BCUT2D eigenvalue weighted by Gasteiger charge is -2.22. The predicted octanol–water partition coefficient (Wildman–Crippen LogP) is 2.68. The zero-order valence-electron chi connectivity index (χ0n) is 10.5. The van der Waals surface area contributed by atoms with Crippen LogP contribution in [-0.2, 0) is 4.74 Å². The fraction of sp³-hybridized carbons (Fsp3) is 0.462. The molecule has 1 N–H and O–H groups in total. The topological polar surface area (TPSA) is 47.3 Å². The fourth-order valence-corrected chi connectivity index (χ4v) is 3.17. The summed E-state index contributed by atoms with van der Waals surface area (Å²) in [5, 5.41) is 4.28. The Morgan fingerprint density at radius 3 is 2.94 bits per heavy atom. The molecular formula is C13H16N2O2S. The van der Waals surface area contributed by atoms with E-state index in [0.29, 0.717) is 0 Å². The van der Waals surface area contributed by atoms with E-state index in [-0.39, 0.29) is 6.10 Å². The van der Waals surface area contributed by atoms with E-state index in [2.05, 4.69) is 10.3 Å². The molecule has 0 aromatic carbocycles. The van der Waals surface area contributed by atoms with Crippen LogP contribution >= 0.6 is 11.3 Å². The van der Waals surface area contributed by atoms with Crippen LogP contribution in [0.25, 0.3) is 10.8 Å². The summed E-state index contributed by atoms with van der Waals surface area (Å²) in [7, 11) is 0. The number of aryl methyl sites for hydroxylation is 2. The van der Waals surface area contributed by atoms with E-state index >= 15 is 0 Å². The third-order valence-electron chi connectivity index (χ3n) is 3.00. The summed E-state index contributed by atoms with van der Waals surface area (Å²) >= 11 is 1.66. The first kappa shape index (κ1) is 11.9. The molecule has 0 radical (unpaired) electrons. The molecule has 4 nitrogen and oxygen atoms in total. The van der Waals surface area contributed by atoms with Crippen LogP contribution in [0.5, 0.6) is 0 Å². The normalized spacial score (nSPS) is 20.2. The van der Waals surface area contributed by atoms with Gasteiger partial charge in [0.15, 0.2) is 10.8 Å². The first-order valence-corrected chi connectivity index (χ1v) is 6.92. The summed E-state index contributed by atoms with van der Waals surface area (Å²) in [5.74, 6) is 1.76. The number of aromatic nitrogens is 1. The van der Waals surface area contributed by atoms with Gasteiger partial charge in [0.25, 0.3) is 0 Å².